The molecule has 116 valence electrons. The van der Waals surface area contributed by atoms with E-state index in [2.05, 4.69) is 6.07 Å². The van der Waals surface area contributed by atoms with E-state index in [1.54, 1.807) is 4.57 Å². The molecule has 0 aliphatic carbocycles. The van der Waals surface area contributed by atoms with Crippen molar-refractivity contribution in [3.8, 4) is 11.4 Å². The van der Waals surface area contributed by atoms with E-state index in [1.807, 2.05) is 32.1 Å². The third-order valence-electron chi connectivity index (χ3n) is 4.52. The number of cyclic esters (lactones) is 1. The maximum atomic E-state index is 12.7. The highest BCUT2D eigenvalue weighted by Crippen LogP contribution is 2.29. The van der Waals surface area contributed by atoms with Crippen LogP contribution in [0.1, 0.15) is 30.5 Å². The molecule has 0 saturated carbocycles. The Hall–Kier alpha value is -2.69. The third kappa shape index (κ3) is 1.96. The molecule has 0 atom stereocenters. The number of hydrogen-bond donors (Lipinski definition) is 0. The molecule has 5 heteroatoms. The Morgan fingerprint density at radius 3 is 2.74 bits per heavy atom. The highest BCUT2D eigenvalue weighted by atomic mass is 16.5. The fraction of sp³-hybridized carbons (Fsp3) is 0.278. The zero-order chi connectivity index (χ0) is 16.1. The second-order valence-corrected chi connectivity index (χ2v) is 5.81. The monoisotopic (exact) mass is 308 g/mol. The van der Waals surface area contributed by atoms with Crippen LogP contribution in [0.2, 0.25) is 0 Å². The van der Waals surface area contributed by atoms with Gasteiger partial charge in [0.25, 0.3) is 5.56 Å². The molecule has 0 aromatic carbocycles. The van der Waals surface area contributed by atoms with E-state index >= 15 is 0 Å². The number of nitrogens with zero attached hydrogens (tertiary/aromatic N) is 2. The fourth-order valence-corrected chi connectivity index (χ4v) is 3.33. The van der Waals surface area contributed by atoms with Crippen LogP contribution in [0, 0.1) is 0 Å². The van der Waals surface area contributed by atoms with Gasteiger partial charge in [-0.15, -0.1) is 0 Å². The lowest BCUT2D eigenvalue weighted by atomic mass is 10.0. The minimum atomic E-state index is -0.286. The molecule has 5 nitrogen and oxygen atoms in total. The lowest BCUT2D eigenvalue weighted by Gasteiger charge is -2.17. The van der Waals surface area contributed by atoms with Crippen molar-refractivity contribution >= 4 is 18.1 Å². The summed E-state index contributed by atoms with van der Waals surface area (Å²) in [5.74, 6) is -0.286. The van der Waals surface area contributed by atoms with Gasteiger partial charge in [-0.2, -0.15) is 0 Å². The van der Waals surface area contributed by atoms with E-state index in [4.69, 9.17) is 9.72 Å². The zero-order valence-electron chi connectivity index (χ0n) is 13.0. The standard InChI is InChI=1S/C18H16N2O3/c1-3-10-5-12-8-20-15(17(12)19-14(10)4-2)6-11-7-16(21)23-9-13(11)18(20)22/h3-6H,7-9H2,1-2H3/b10-3-,14-4+. The van der Waals surface area contributed by atoms with E-state index < -0.39 is 0 Å². The Kier molecular flexibility index (Phi) is 2.98. The van der Waals surface area contributed by atoms with E-state index in [-0.39, 0.29) is 24.6 Å². The first-order valence-electron chi connectivity index (χ1n) is 7.66. The number of hydrogen-bond acceptors (Lipinski definition) is 4. The maximum Gasteiger partial charge on any atom is 0.310 e. The van der Waals surface area contributed by atoms with Crippen molar-refractivity contribution in [2.45, 2.75) is 33.4 Å². The molecule has 0 N–H and O–H groups in total. The molecule has 0 radical (unpaired) electrons. The van der Waals surface area contributed by atoms with Crippen LogP contribution in [0.4, 0.5) is 0 Å². The van der Waals surface area contributed by atoms with Gasteiger partial charge in [0.05, 0.1) is 35.3 Å². The summed E-state index contributed by atoms with van der Waals surface area (Å²) >= 11 is 0. The van der Waals surface area contributed by atoms with Crippen LogP contribution < -0.4 is 16.1 Å². The van der Waals surface area contributed by atoms with E-state index in [1.165, 1.54) is 0 Å². The summed E-state index contributed by atoms with van der Waals surface area (Å²) in [5.41, 5.74) is 3.94. The number of pyridine rings is 2. The minimum Gasteiger partial charge on any atom is -0.460 e. The fourth-order valence-electron chi connectivity index (χ4n) is 3.33. The molecule has 0 bridgehead atoms. The predicted molar refractivity (Wildman–Crippen MR) is 86.1 cm³/mol. The van der Waals surface area contributed by atoms with Gasteiger partial charge in [0.15, 0.2) is 0 Å². The average Bonchev–Trinajstić information content (AvgIpc) is 2.91. The predicted octanol–water partition coefficient (Wildman–Crippen LogP) is 0.472. The van der Waals surface area contributed by atoms with Crippen molar-refractivity contribution < 1.29 is 9.53 Å². The molecular weight excluding hydrogens is 292 g/mol. The van der Waals surface area contributed by atoms with Gasteiger partial charge in [0.2, 0.25) is 0 Å². The number of rotatable bonds is 0. The van der Waals surface area contributed by atoms with Gasteiger partial charge in [0, 0.05) is 5.56 Å². The molecule has 4 rings (SSSR count). The Labute approximate surface area is 132 Å². The highest BCUT2D eigenvalue weighted by molar-refractivity contribution is 5.76. The van der Waals surface area contributed by atoms with E-state index in [0.717, 1.165) is 33.1 Å². The molecule has 0 spiro atoms. The Morgan fingerprint density at radius 2 is 2.00 bits per heavy atom. The van der Waals surface area contributed by atoms with Gasteiger partial charge >= 0.3 is 5.97 Å². The Bertz CT molecular complexity index is 1030. The number of aromatic nitrogens is 2. The highest BCUT2D eigenvalue weighted by Gasteiger charge is 2.27. The third-order valence-corrected chi connectivity index (χ3v) is 4.52. The summed E-state index contributed by atoms with van der Waals surface area (Å²) in [6.45, 7) is 4.51. The molecule has 0 saturated heterocycles. The smallest absolute Gasteiger partial charge is 0.310 e. The minimum absolute atomic E-state index is 0.0685. The number of carbonyl (C=O) groups excluding carboxylic acids is 1. The van der Waals surface area contributed by atoms with Gasteiger partial charge in [-0.3, -0.25) is 9.59 Å². The number of carbonyl (C=O) groups is 1. The molecule has 0 fully saturated rings. The first-order chi connectivity index (χ1) is 11.1. The summed E-state index contributed by atoms with van der Waals surface area (Å²) in [6.07, 6.45) is 4.14. The van der Waals surface area contributed by atoms with Crippen LogP contribution in [0.15, 0.2) is 16.9 Å². The molecule has 2 aliphatic heterocycles. The summed E-state index contributed by atoms with van der Waals surface area (Å²) in [7, 11) is 0. The summed E-state index contributed by atoms with van der Waals surface area (Å²) in [6, 6.07) is 4.01. The molecule has 2 aliphatic rings. The van der Waals surface area contributed by atoms with Gasteiger partial charge in [-0.25, -0.2) is 4.98 Å². The molecule has 2 aromatic heterocycles. The SMILES string of the molecule is C/C=c1/cc2c(n/c1=C/C)-c1cc3c(c(=O)n1C2)COC(=O)C3. The number of esters is 1. The van der Waals surface area contributed by atoms with Crippen LogP contribution in [0.3, 0.4) is 0 Å². The van der Waals surface area contributed by atoms with Gasteiger partial charge < -0.3 is 9.30 Å². The van der Waals surface area contributed by atoms with Crippen LogP contribution in [0.5, 0.6) is 0 Å². The van der Waals surface area contributed by atoms with Crippen molar-refractivity contribution in [1.29, 1.82) is 0 Å². The summed E-state index contributed by atoms with van der Waals surface area (Å²) in [4.78, 5) is 29.0. The van der Waals surface area contributed by atoms with Crippen LogP contribution >= 0.6 is 0 Å². The molecule has 2 aromatic rings. The van der Waals surface area contributed by atoms with Crippen molar-refractivity contribution in [3.05, 3.63) is 49.7 Å². The van der Waals surface area contributed by atoms with Gasteiger partial charge in [-0.05, 0) is 36.8 Å². The number of fused-ring (bicyclic) bond motifs is 4. The largest absolute Gasteiger partial charge is 0.460 e. The number of ether oxygens (including phenoxy) is 1. The van der Waals surface area contributed by atoms with Crippen molar-refractivity contribution in [1.82, 2.24) is 9.55 Å². The van der Waals surface area contributed by atoms with Crippen molar-refractivity contribution in [2.75, 3.05) is 0 Å². The van der Waals surface area contributed by atoms with Crippen molar-refractivity contribution in [3.63, 3.8) is 0 Å². The Balaban J connectivity index is 2.01. The first-order valence-corrected chi connectivity index (χ1v) is 7.66. The van der Waals surface area contributed by atoms with Gasteiger partial charge in [-0.1, -0.05) is 12.2 Å². The van der Waals surface area contributed by atoms with Crippen molar-refractivity contribution in [2.24, 2.45) is 0 Å². The summed E-state index contributed by atoms with van der Waals surface area (Å²) < 4.78 is 6.75. The Morgan fingerprint density at radius 1 is 1.17 bits per heavy atom. The molecule has 0 unspecified atom stereocenters. The van der Waals surface area contributed by atoms with Crippen LogP contribution in [0.25, 0.3) is 23.5 Å². The topological polar surface area (TPSA) is 61.2 Å². The maximum absolute atomic E-state index is 12.7. The quantitative estimate of drug-likeness (QED) is 0.567. The zero-order valence-corrected chi connectivity index (χ0v) is 13.0. The molecule has 23 heavy (non-hydrogen) atoms. The lowest BCUT2D eigenvalue weighted by molar-refractivity contribution is -0.145. The second-order valence-electron chi connectivity index (χ2n) is 5.81. The normalized spacial score (nSPS) is 16.9. The van der Waals surface area contributed by atoms with E-state index in [0.29, 0.717) is 12.1 Å². The first kappa shape index (κ1) is 13.9. The average molecular weight is 308 g/mol. The molecule has 0 amide bonds. The van der Waals surface area contributed by atoms with Crippen LogP contribution in [-0.2, 0) is 29.1 Å². The molecular formula is C18H16N2O3. The van der Waals surface area contributed by atoms with Crippen LogP contribution in [-0.4, -0.2) is 15.5 Å². The van der Waals surface area contributed by atoms with Gasteiger partial charge in [0.1, 0.15) is 6.61 Å². The summed E-state index contributed by atoms with van der Waals surface area (Å²) in [5, 5.41) is 1.97. The lowest BCUT2D eigenvalue weighted by Crippen LogP contribution is -2.29. The molecule has 4 heterocycles. The second kappa shape index (κ2) is 4.91. The van der Waals surface area contributed by atoms with E-state index in [9.17, 15) is 9.59 Å².